The normalized spacial score (nSPS) is 23.3. The van der Waals surface area contributed by atoms with Crippen LogP contribution in [0.2, 0.25) is 5.02 Å². The number of halogens is 2. The average Bonchev–Trinajstić information content (AvgIpc) is 3.49. The highest BCUT2D eigenvalue weighted by Crippen LogP contribution is 2.62. The smallest absolute Gasteiger partial charge is 0.238 e. The molecule has 6 nitrogen and oxygen atoms in total. The first-order valence-electron chi connectivity index (χ1n) is 13.5. The van der Waals surface area contributed by atoms with Gasteiger partial charge in [0.1, 0.15) is 11.5 Å². The summed E-state index contributed by atoms with van der Waals surface area (Å²) in [5, 5.41) is 3.46. The number of carbonyl (C=O) groups is 3. The zero-order valence-electron chi connectivity index (χ0n) is 22.4. The molecule has 1 amide bonds. The van der Waals surface area contributed by atoms with Crippen LogP contribution in [0.15, 0.2) is 97.2 Å². The molecule has 3 aliphatic rings. The van der Waals surface area contributed by atoms with Gasteiger partial charge in [-0.3, -0.25) is 14.4 Å². The van der Waals surface area contributed by atoms with Gasteiger partial charge in [-0.1, -0.05) is 54.1 Å². The highest BCUT2D eigenvalue weighted by molar-refractivity contribution is 6.30. The number of Topliss-reactive ketones (excluding diaryl/α,β-unsaturated/α-hetero) is 2. The third-order valence-corrected chi connectivity index (χ3v) is 8.94. The van der Waals surface area contributed by atoms with Crippen molar-refractivity contribution in [2.75, 3.05) is 12.4 Å². The van der Waals surface area contributed by atoms with Crippen molar-refractivity contribution in [1.29, 1.82) is 0 Å². The minimum atomic E-state index is -1.50. The van der Waals surface area contributed by atoms with Gasteiger partial charge >= 0.3 is 0 Å². The molecule has 208 valence electrons. The van der Waals surface area contributed by atoms with E-state index in [1.165, 1.54) is 19.2 Å². The van der Waals surface area contributed by atoms with Crippen LogP contribution >= 0.6 is 11.6 Å². The summed E-state index contributed by atoms with van der Waals surface area (Å²) >= 11 is 6.13. The van der Waals surface area contributed by atoms with Gasteiger partial charge in [-0.25, -0.2) is 4.39 Å². The Morgan fingerprint density at radius 3 is 2.40 bits per heavy atom. The lowest BCUT2D eigenvalue weighted by Gasteiger charge is -2.38. The summed E-state index contributed by atoms with van der Waals surface area (Å²) in [5.41, 5.74) is 1.78. The van der Waals surface area contributed by atoms with E-state index in [1.54, 1.807) is 36.5 Å². The summed E-state index contributed by atoms with van der Waals surface area (Å²) in [6, 6.07) is 23.6. The van der Waals surface area contributed by atoms with E-state index < -0.39 is 35.0 Å². The Morgan fingerprint density at radius 2 is 1.64 bits per heavy atom. The van der Waals surface area contributed by atoms with Gasteiger partial charge in [0.05, 0.1) is 19.1 Å². The molecule has 0 aliphatic carbocycles. The second-order valence-corrected chi connectivity index (χ2v) is 11.1. The lowest BCUT2D eigenvalue weighted by molar-refractivity contribution is -0.122. The number of rotatable bonds is 5. The molecule has 8 heteroatoms. The number of methoxy groups -OCH3 is 1. The molecule has 1 saturated heterocycles. The molecule has 3 heterocycles. The molecule has 3 aliphatic heterocycles. The predicted molar refractivity (Wildman–Crippen MR) is 157 cm³/mol. The Hall–Kier alpha value is -4.75. The van der Waals surface area contributed by atoms with Crippen LogP contribution in [0.25, 0.3) is 6.08 Å². The van der Waals surface area contributed by atoms with E-state index in [1.807, 2.05) is 53.4 Å². The number of benzene rings is 4. The summed E-state index contributed by atoms with van der Waals surface area (Å²) < 4.78 is 20.0. The maximum absolute atomic E-state index is 15.0. The van der Waals surface area contributed by atoms with Crippen molar-refractivity contribution in [3.8, 4) is 5.75 Å². The molecule has 4 atom stereocenters. The van der Waals surface area contributed by atoms with Crippen LogP contribution in [0, 0.1) is 11.7 Å². The fourth-order valence-corrected chi connectivity index (χ4v) is 7.08. The second kappa shape index (κ2) is 9.67. The number of nitrogens with zero attached hydrogens (tertiary/aromatic N) is 1. The van der Waals surface area contributed by atoms with Crippen LogP contribution in [0.4, 0.5) is 10.1 Å². The van der Waals surface area contributed by atoms with Gasteiger partial charge < -0.3 is 15.0 Å². The van der Waals surface area contributed by atoms with Crippen LogP contribution in [0.3, 0.4) is 0 Å². The first kappa shape index (κ1) is 26.2. The first-order chi connectivity index (χ1) is 20.4. The molecular formula is C34H24ClFN2O4. The predicted octanol–water partition coefficient (Wildman–Crippen LogP) is 6.47. The lowest BCUT2D eigenvalue weighted by atomic mass is 9.62. The van der Waals surface area contributed by atoms with Crippen LogP contribution in [-0.4, -0.2) is 35.5 Å². The average molecular weight is 579 g/mol. The monoisotopic (exact) mass is 578 g/mol. The highest BCUT2D eigenvalue weighted by atomic mass is 35.5. The topological polar surface area (TPSA) is 75.7 Å². The van der Waals surface area contributed by atoms with Crippen molar-refractivity contribution >= 4 is 40.8 Å². The zero-order valence-corrected chi connectivity index (χ0v) is 23.1. The van der Waals surface area contributed by atoms with Crippen molar-refractivity contribution < 1.29 is 23.5 Å². The Balaban J connectivity index is 1.52. The molecule has 1 spiro atoms. The molecular weight excluding hydrogens is 555 g/mol. The molecule has 4 aromatic carbocycles. The van der Waals surface area contributed by atoms with E-state index in [-0.39, 0.29) is 23.0 Å². The van der Waals surface area contributed by atoms with Crippen LogP contribution in [-0.2, 0) is 10.2 Å². The quantitative estimate of drug-likeness (QED) is 0.275. The zero-order chi connectivity index (χ0) is 29.2. The van der Waals surface area contributed by atoms with E-state index in [4.69, 9.17) is 16.3 Å². The third-order valence-electron chi connectivity index (χ3n) is 8.69. The lowest BCUT2D eigenvalue weighted by Crippen LogP contribution is -2.49. The van der Waals surface area contributed by atoms with Crippen LogP contribution in [0.1, 0.15) is 43.4 Å². The number of nitrogens with one attached hydrogen (secondary N) is 1. The Morgan fingerprint density at radius 1 is 0.929 bits per heavy atom. The summed E-state index contributed by atoms with van der Waals surface area (Å²) in [5.74, 6) is -3.19. The van der Waals surface area contributed by atoms with Gasteiger partial charge in [0.2, 0.25) is 5.91 Å². The molecule has 0 radical (unpaired) electrons. The van der Waals surface area contributed by atoms with Gasteiger partial charge in [-0.2, -0.15) is 0 Å². The van der Waals surface area contributed by atoms with Gasteiger partial charge in [-0.15, -0.1) is 0 Å². The number of fused-ring (bicyclic) bond motifs is 6. The molecule has 4 aromatic rings. The fraction of sp³-hybridized carbons (Fsp3) is 0.147. The van der Waals surface area contributed by atoms with Crippen molar-refractivity contribution in [3.63, 3.8) is 0 Å². The van der Waals surface area contributed by atoms with E-state index >= 15 is 0 Å². The Labute approximate surface area is 246 Å². The van der Waals surface area contributed by atoms with E-state index in [0.717, 1.165) is 17.2 Å². The molecule has 1 fully saturated rings. The van der Waals surface area contributed by atoms with Crippen molar-refractivity contribution in [3.05, 3.63) is 136 Å². The van der Waals surface area contributed by atoms with Gasteiger partial charge in [0.15, 0.2) is 23.1 Å². The molecule has 0 aromatic heterocycles. The van der Waals surface area contributed by atoms with Gasteiger partial charge in [0, 0.05) is 28.0 Å². The third kappa shape index (κ3) is 3.59. The molecule has 42 heavy (non-hydrogen) atoms. The number of hydrogen-bond acceptors (Lipinski definition) is 5. The van der Waals surface area contributed by atoms with Crippen molar-refractivity contribution in [2.24, 2.45) is 5.92 Å². The molecule has 7 rings (SSSR count). The van der Waals surface area contributed by atoms with Gasteiger partial charge in [-0.05, 0) is 71.3 Å². The molecule has 0 unspecified atom stereocenters. The van der Waals surface area contributed by atoms with Gasteiger partial charge in [0.25, 0.3) is 0 Å². The molecule has 0 saturated carbocycles. The first-order valence-corrected chi connectivity index (χ1v) is 13.9. The Bertz CT molecular complexity index is 1820. The maximum atomic E-state index is 15.0. The number of hydrogen-bond donors (Lipinski definition) is 1. The number of ether oxygens (including phenoxy) is 1. The molecule has 1 N–H and O–H groups in total. The minimum Gasteiger partial charge on any atom is -0.494 e. The largest absolute Gasteiger partial charge is 0.494 e. The molecule has 0 bridgehead atoms. The number of carbonyl (C=O) groups excluding carboxylic acids is 3. The summed E-state index contributed by atoms with van der Waals surface area (Å²) in [4.78, 5) is 45.5. The Kier molecular flexibility index (Phi) is 6.02. The van der Waals surface area contributed by atoms with Crippen molar-refractivity contribution in [1.82, 2.24) is 4.90 Å². The van der Waals surface area contributed by atoms with Crippen molar-refractivity contribution in [2.45, 2.75) is 17.5 Å². The maximum Gasteiger partial charge on any atom is 0.238 e. The minimum absolute atomic E-state index is 0.0142. The highest BCUT2D eigenvalue weighted by Gasteiger charge is 2.70. The van der Waals surface area contributed by atoms with E-state index in [2.05, 4.69) is 5.32 Å². The standard InChI is InChI=1S/C34H24ClFN2O4/c1-42-27-15-12-21(18-25(27)36)30(39)28-29(31(40)20-10-13-22(35)14-11-20)38-17-16-19-6-2-3-7-23(19)32(38)34(28)24-8-4-5-9-26(24)37-33(34)41/h2-18,28-29,32H,1H3,(H,37,41)/t28-,29+,32-,34+/m0/s1. The summed E-state index contributed by atoms with van der Waals surface area (Å²) in [6.45, 7) is 0. The second-order valence-electron chi connectivity index (χ2n) is 10.7. The SMILES string of the molecule is COc1ccc(C(=O)[C@@H]2[C@H](C(=O)c3ccc(Cl)cc3)N3C=Cc4ccccc4[C@H]3[C@]23C(=O)Nc2ccccc23)cc1F. The summed E-state index contributed by atoms with van der Waals surface area (Å²) in [6.07, 6.45) is 3.68. The van der Waals surface area contributed by atoms with Crippen LogP contribution < -0.4 is 10.1 Å². The summed E-state index contributed by atoms with van der Waals surface area (Å²) in [7, 11) is 1.34. The van der Waals surface area contributed by atoms with Crippen LogP contribution in [0.5, 0.6) is 5.75 Å². The number of ketones is 2. The fourth-order valence-electron chi connectivity index (χ4n) is 6.95. The number of amides is 1. The number of anilines is 1. The van der Waals surface area contributed by atoms with E-state index in [0.29, 0.717) is 21.8 Å². The van der Waals surface area contributed by atoms with E-state index in [9.17, 15) is 18.8 Å². The number of para-hydroxylation sites is 1.